The number of anilines is 2. The SMILES string of the molecule is COCCOCCOCCOCCOCCOCCOCCOCCC(=O)N[C@@H](CCCCN1C(=O)C=CC1=O)C(=O)N[C@H](C(=O)N[C@@H](C)C(=O)Nc1ccc(COC(=O)N(C)Cc2ccccc2C(=O)Nc2nc3c(ncn3[C@@H]3O[C@H]4COP(O)(=S)O[C@H]5C[C@H](Oc6ccncn6)C[C@@H]5COP(=O)(S)O[C@@H]3[C@@H]4O)c(=O)[nH]2)cc1)C(C)C. The van der Waals surface area contributed by atoms with E-state index in [1.807, 2.05) is 0 Å². The number of imidazole rings is 1. The number of fused-ring (bicyclic) bond motifs is 4. The van der Waals surface area contributed by atoms with Crippen molar-refractivity contribution in [1.29, 1.82) is 0 Å². The van der Waals surface area contributed by atoms with Gasteiger partial charge < -0.3 is 102 Å². The number of hydrogen-bond donors (Lipinski definition) is 9. The Kier molecular flexibility index (Phi) is 37.2. The maximum absolute atomic E-state index is 14.1. The van der Waals surface area contributed by atoms with Crippen LogP contribution in [-0.4, -0.2) is 278 Å². The standard InChI is InChI=1S/C73H101N13O27P2S2/c1-46(2)61(80-68(93)54(12-8-9-22-85-59(88)17-18-60(85)89)79-57(87)20-23-100-26-27-102-30-31-104-34-35-106-37-36-105-33-32-103-29-28-101-25-24-99-5)69(94)77-47(3)66(91)78-51-15-13-48(14-16-51)41-107-73(96)84(4)40-49-10-6-7-11-53(49)67(92)82-72-81-65-62(70(95)83-72)76-45-86(65)71-64-63(90)56(111-71)43-109-114(97,116)112-55-39-52(110-58-19-21-74-44-75-58)38-50(55)42-108-115(98,117)113-64/h6-7,10-11,13-19,21,44-47,50,52,54-56,61,63-64,71,90H,8-9,12,20,22-43H2,1-5H3,(H,77,94)(H,78,91)(H,79,87)(H,80,93)(H,97,116)(H,98,117)(H2,81,82,83,92,95)/t47-,50+,52+,54-,55-,56-,61-,63+,64+,71+,114?,115?/m0/s1. The molecule has 2 unspecified atom stereocenters. The molecule has 8 N–H and O–H groups in total. The average molecular weight is 1720 g/mol. The van der Waals surface area contributed by atoms with E-state index >= 15 is 0 Å². The Bertz CT molecular complexity index is 4270. The van der Waals surface area contributed by atoms with Crippen LogP contribution in [0.2, 0.25) is 0 Å². The highest BCUT2D eigenvalue weighted by Gasteiger charge is 2.51. The fraction of sp³-hybridized carbons (Fsp3) is 0.575. The second-order valence-electron chi connectivity index (χ2n) is 27.5. The molecule has 117 heavy (non-hydrogen) atoms. The second kappa shape index (κ2) is 47.0. The van der Waals surface area contributed by atoms with E-state index < -0.39 is 140 Å². The Balaban J connectivity index is 0.699. The van der Waals surface area contributed by atoms with Crippen LogP contribution >= 0.6 is 25.8 Å². The Morgan fingerprint density at radius 2 is 1.38 bits per heavy atom. The molecule has 0 radical (unpaired) electrons. The van der Waals surface area contributed by atoms with E-state index in [1.165, 1.54) is 54.2 Å². The summed E-state index contributed by atoms with van der Waals surface area (Å²) in [5.74, 6) is -5.32. The van der Waals surface area contributed by atoms with Crippen molar-refractivity contribution in [3.05, 3.63) is 113 Å². The molecule has 2 aromatic carbocycles. The van der Waals surface area contributed by atoms with Crippen molar-refractivity contribution < 1.29 is 123 Å². The monoisotopic (exact) mass is 1720 g/mol. The van der Waals surface area contributed by atoms with Crippen molar-refractivity contribution in [1.82, 2.24) is 55.2 Å². The summed E-state index contributed by atoms with van der Waals surface area (Å²) in [7, 11) is 3.06. The highest BCUT2D eigenvalue weighted by molar-refractivity contribution is 8.44. The third-order valence-corrected chi connectivity index (χ3v) is 21.6. The quantitative estimate of drug-likeness (QED) is 0.0117. The lowest BCUT2D eigenvalue weighted by Gasteiger charge is -2.27. The summed E-state index contributed by atoms with van der Waals surface area (Å²) < 4.78 is 99.7. The molecule has 1 saturated carbocycles. The van der Waals surface area contributed by atoms with Gasteiger partial charge in [0.1, 0.15) is 55.5 Å². The topological polar surface area (TPSA) is 489 Å². The molecule has 12 atom stereocenters. The van der Waals surface area contributed by atoms with Crippen LogP contribution in [0.15, 0.2) is 90.4 Å². The number of nitrogens with zero attached hydrogens (tertiary/aromatic N) is 7. The Morgan fingerprint density at radius 1 is 0.744 bits per heavy atom. The maximum Gasteiger partial charge on any atom is 0.410 e. The van der Waals surface area contributed by atoms with E-state index in [0.717, 1.165) is 11.2 Å². The minimum absolute atomic E-state index is 0.00320. The maximum atomic E-state index is 14.1. The molecule has 9 rings (SSSR count). The van der Waals surface area contributed by atoms with Crippen LogP contribution in [0.1, 0.15) is 87.0 Å². The van der Waals surface area contributed by atoms with E-state index in [-0.39, 0.29) is 100 Å². The number of carbonyl (C=O) groups excluding carboxylic acids is 8. The molecule has 2 bridgehead atoms. The van der Waals surface area contributed by atoms with Gasteiger partial charge in [-0.25, -0.2) is 24.3 Å². The second-order valence-corrected chi connectivity index (χ2v) is 33.2. The van der Waals surface area contributed by atoms with Gasteiger partial charge in [0.25, 0.3) is 23.3 Å². The highest BCUT2D eigenvalue weighted by atomic mass is 32.7. The van der Waals surface area contributed by atoms with E-state index in [2.05, 4.69) is 63.8 Å². The molecule has 3 aromatic heterocycles. The van der Waals surface area contributed by atoms with Crippen LogP contribution in [0.4, 0.5) is 16.4 Å². The zero-order valence-corrected chi connectivity index (χ0v) is 68.8. The highest BCUT2D eigenvalue weighted by Crippen LogP contribution is 2.59. The molecule has 5 aromatic rings. The Morgan fingerprint density at radius 3 is 2.02 bits per heavy atom. The summed E-state index contributed by atoms with van der Waals surface area (Å²) in [5, 5.41) is 25.1. The number of benzene rings is 2. The number of carbonyl (C=O) groups is 8. The zero-order valence-electron chi connectivity index (χ0n) is 65.3. The summed E-state index contributed by atoms with van der Waals surface area (Å²) in [6.45, 7) is 0.814. The molecule has 40 nitrogen and oxygen atoms in total. The number of ether oxygens (including phenoxy) is 11. The number of unbranched alkanes of at least 4 members (excludes halogenated alkanes) is 1. The Labute approximate surface area is 684 Å². The number of hydrogen-bond acceptors (Lipinski definition) is 31. The van der Waals surface area contributed by atoms with Crippen LogP contribution in [0.5, 0.6) is 5.88 Å². The van der Waals surface area contributed by atoms with Gasteiger partial charge in [0.15, 0.2) is 17.4 Å². The summed E-state index contributed by atoms with van der Waals surface area (Å²) in [6.07, 6.45) is -0.709. The molecule has 6 heterocycles. The average Bonchev–Trinajstić information content (AvgIpc) is 1.61. The summed E-state index contributed by atoms with van der Waals surface area (Å²) in [4.78, 5) is 153. The lowest BCUT2D eigenvalue weighted by Crippen LogP contribution is -2.57. The summed E-state index contributed by atoms with van der Waals surface area (Å²) >= 11 is 9.64. The van der Waals surface area contributed by atoms with Crippen molar-refractivity contribution in [3.8, 4) is 5.88 Å². The molecular weight excluding hydrogens is 1620 g/mol. The van der Waals surface area contributed by atoms with Crippen LogP contribution in [0.3, 0.4) is 0 Å². The van der Waals surface area contributed by atoms with E-state index in [1.54, 1.807) is 69.5 Å². The van der Waals surface area contributed by atoms with Crippen molar-refractivity contribution >= 4 is 108 Å². The number of nitrogens with one attached hydrogen (secondary N) is 6. The summed E-state index contributed by atoms with van der Waals surface area (Å²) in [5.41, 5.74) is 0.0295. The number of amides is 8. The van der Waals surface area contributed by atoms with Gasteiger partial charge >= 0.3 is 19.6 Å². The first kappa shape index (κ1) is 92.7. The number of aliphatic hydroxyl groups excluding tert-OH is 1. The van der Waals surface area contributed by atoms with Crippen molar-refractivity contribution in [3.63, 3.8) is 0 Å². The van der Waals surface area contributed by atoms with Crippen LogP contribution in [0.25, 0.3) is 11.2 Å². The number of H-pyrrole nitrogens is 1. The van der Waals surface area contributed by atoms with E-state index in [4.69, 9.17) is 82.0 Å². The number of imide groups is 1. The fourth-order valence-corrected chi connectivity index (χ4v) is 15.3. The number of methoxy groups -OCH3 is 1. The number of aromatic nitrogens is 6. The smallest absolute Gasteiger partial charge is 0.410 e. The largest absolute Gasteiger partial charge is 0.474 e. The van der Waals surface area contributed by atoms with Crippen LogP contribution in [-0.2, 0) is 124 Å². The number of aromatic amines is 1. The van der Waals surface area contributed by atoms with Crippen molar-refractivity contribution in [2.75, 3.05) is 144 Å². The molecule has 642 valence electrons. The van der Waals surface area contributed by atoms with Gasteiger partial charge in [-0.1, -0.05) is 56.4 Å². The first-order valence-corrected chi connectivity index (χ1v) is 43.2. The van der Waals surface area contributed by atoms with Gasteiger partial charge in [0, 0.05) is 81.7 Å². The molecule has 2 saturated heterocycles. The van der Waals surface area contributed by atoms with Crippen LogP contribution in [0, 0.1) is 11.8 Å². The third-order valence-electron chi connectivity index (χ3n) is 18.4. The van der Waals surface area contributed by atoms with Gasteiger partial charge in [-0.15, -0.1) is 0 Å². The molecule has 3 aliphatic heterocycles. The number of rotatable bonds is 46. The number of aliphatic hydroxyl groups is 1. The first-order chi connectivity index (χ1) is 56.2. The van der Waals surface area contributed by atoms with E-state index in [9.17, 15) is 57.7 Å². The van der Waals surface area contributed by atoms with Gasteiger partial charge in [0.2, 0.25) is 35.5 Å². The predicted molar refractivity (Wildman–Crippen MR) is 421 cm³/mol. The molecule has 1 aliphatic carbocycles. The normalized spacial score (nSPS) is 22.1. The minimum Gasteiger partial charge on any atom is -0.474 e. The molecule has 4 aliphatic rings. The fourth-order valence-electron chi connectivity index (χ4n) is 12.3. The van der Waals surface area contributed by atoms with Gasteiger partial charge in [-0.05, 0) is 79.7 Å². The Hall–Kier alpha value is -8.20. The van der Waals surface area contributed by atoms with Gasteiger partial charge in [-0.2, -0.15) is 4.98 Å². The first-order valence-electron chi connectivity index (χ1n) is 37.9. The van der Waals surface area contributed by atoms with Crippen molar-refractivity contribution in [2.24, 2.45) is 11.8 Å². The number of thiol groups is 1. The molecular formula is C73H101N13O27P2S2. The lowest BCUT2D eigenvalue weighted by atomic mass is 10.0. The molecule has 3 fully saturated rings. The molecule has 44 heteroatoms. The van der Waals surface area contributed by atoms with Crippen molar-refractivity contribution in [2.45, 2.75) is 127 Å². The van der Waals surface area contributed by atoms with Gasteiger partial charge in [-0.3, -0.25) is 62.6 Å². The summed E-state index contributed by atoms with van der Waals surface area (Å²) in [6, 6.07) is 10.7. The predicted octanol–water partition coefficient (Wildman–Crippen LogP) is 3.44. The third kappa shape index (κ3) is 29.6. The van der Waals surface area contributed by atoms with Gasteiger partial charge in [0.05, 0.1) is 125 Å². The minimum atomic E-state index is -4.40. The molecule has 0 spiro atoms. The van der Waals surface area contributed by atoms with E-state index in [0.29, 0.717) is 109 Å². The van der Waals surface area contributed by atoms with Crippen LogP contribution < -0.4 is 36.9 Å². The zero-order chi connectivity index (χ0) is 83.9. The lowest BCUT2D eigenvalue weighted by molar-refractivity contribution is -0.137. The molecule has 8 amide bonds.